The van der Waals surface area contributed by atoms with Crippen molar-refractivity contribution in [2.75, 3.05) is 0 Å². The molecular weight excluding hydrogens is 352 g/mol. The van der Waals surface area contributed by atoms with Crippen molar-refractivity contribution in [3.8, 4) is 11.3 Å². The highest BCUT2D eigenvalue weighted by Gasteiger charge is 2.30. The SMILES string of the molecule is Cc1onc(-c2ccccc2)c1C1=N/C(=C\c2ccc(C(C)C)cc2)C(=O)O1. The third kappa shape index (κ3) is 3.39. The smallest absolute Gasteiger partial charge is 0.363 e. The Hall–Kier alpha value is -3.47. The standard InChI is InChI=1S/C23H20N2O3/c1-14(2)17-11-9-16(10-12-17)13-19-23(26)27-22(24-19)20-15(3)28-25-21(20)18-7-5-4-6-8-18/h4-14H,1-3H3/b19-13-. The largest absolute Gasteiger partial charge is 0.402 e. The van der Waals surface area contributed by atoms with E-state index in [9.17, 15) is 4.79 Å². The van der Waals surface area contributed by atoms with Gasteiger partial charge in [-0.3, -0.25) is 0 Å². The van der Waals surface area contributed by atoms with Crippen LogP contribution < -0.4 is 0 Å². The summed E-state index contributed by atoms with van der Waals surface area (Å²) in [7, 11) is 0. The maximum atomic E-state index is 12.4. The normalized spacial score (nSPS) is 15.2. The number of rotatable bonds is 4. The Kier molecular flexibility index (Phi) is 4.65. The van der Waals surface area contributed by atoms with E-state index in [1.54, 1.807) is 13.0 Å². The summed E-state index contributed by atoms with van der Waals surface area (Å²) in [5, 5.41) is 4.12. The van der Waals surface area contributed by atoms with Crippen molar-refractivity contribution in [3.05, 3.63) is 82.7 Å². The van der Waals surface area contributed by atoms with Crippen LogP contribution >= 0.6 is 0 Å². The number of aryl methyl sites for hydroxylation is 1. The van der Waals surface area contributed by atoms with Crippen LogP contribution in [-0.2, 0) is 9.53 Å². The number of nitrogens with zero attached hydrogens (tertiary/aromatic N) is 2. The van der Waals surface area contributed by atoms with E-state index in [4.69, 9.17) is 9.26 Å². The molecule has 0 saturated carbocycles. The number of benzene rings is 2. The lowest BCUT2D eigenvalue weighted by atomic mass is 10.0. The highest BCUT2D eigenvalue weighted by Crippen LogP contribution is 2.29. The number of carbonyl (C=O) groups excluding carboxylic acids is 1. The number of aromatic nitrogens is 1. The first-order chi connectivity index (χ1) is 13.5. The third-order valence-electron chi connectivity index (χ3n) is 4.65. The minimum absolute atomic E-state index is 0.215. The molecule has 0 atom stereocenters. The molecule has 2 aromatic carbocycles. The summed E-state index contributed by atoms with van der Waals surface area (Å²) in [6.07, 6.45) is 1.73. The molecule has 0 radical (unpaired) electrons. The molecule has 0 N–H and O–H groups in total. The van der Waals surface area contributed by atoms with Crippen LogP contribution in [0.25, 0.3) is 17.3 Å². The topological polar surface area (TPSA) is 64.7 Å². The van der Waals surface area contributed by atoms with Gasteiger partial charge in [0.2, 0.25) is 5.90 Å². The zero-order valence-electron chi connectivity index (χ0n) is 16.0. The van der Waals surface area contributed by atoms with Crippen molar-refractivity contribution in [3.63, 3.8) is 0 Å². The van der Waals surface area contributed by atoms with Gasteiger partial charge >= 0.3 is 5.97 Å². The predicted molar refractivity (Wildman–Crippen MR) is 108 cm³/mol. The second-order valence-electron chi connectivity index (χ2n) is 6.99. The third-order valence-corrected chi connectivity index (χ3v) is 4.65. The Morgan fingerprint density at radius 1 is 1.00 bits per heavy atom. The van der Waals surface area contributed by atoms with Crippen LogP contribution in [0, 0.1) is 6.92 Å². The molecule has 0 amide bonds. The minimum atomic E-state index is -0.484. The molecule has 0 bridgehead atoms. The summed E-state index contributed by atoms with van der Waals surface area (Å²) >= 11 is 0. The fraction of sp³-hybridized carbons (Fsp3) is 0.174. The average Bonchev–Trinajstić information content (AvgIpc) is 3.25. The Balaban J connectivity index is 1.70. The first-order valence-corrected chi connectivity index (χ1v) is 9.17. The molecule has 140 valence electrons. The fourth-order valence-corrected chi connectivity index (χ4v) is 3.07. The first kappa shape index (κ1) is 17.9. The number of ether oxygens (including phenoxy) is 1. The Morgan fingerprint density at radius 2 is 1.71 bits per heavy atom. The van der Waals surface area contributed by atoms with Crippen molar-refractivity contribution < 1.29 is 14.1 Å². The number of cyclic esters (lactones) is 1. The molecule has 0 fully saturated rings. The van der Waals surface area contributed by atoms with Crippen LogP contribution in [0.3, 0.4) is 0 Å². The van der Waals surface area contributed by atoms with Gasteiger partial charge < -0.3 is 9.26 Å². The van der Waals surface area contributed by atoms with E-state index in [1.807, 2.05) is 42.5 Å². The number of carbonyl (C=O) groups is 1. The molecule has 2 heterocycles. The van der Waals surface area contributed by atoms with Gasteiger partial charge in [-0.1, -0.05) is 73.6 Å². The second kappa shape index (κ2) is 7.27. The molecule has 0 spiro atoms. The molecule has 0 unspecified atom stereocenters. The fourth-order valence-electron chi connectivity index (χ4n) is 3.07. The lowest BCUT2D eigenvalue weighted by molar-refractivity contribution is -0.129. The van der Waals surface area contributed by atoms with Gasteiger partial charge in [-0.15, -0.1) is 0 Å². The van der Waals surface area contributed by atoms with Crippen LogP contribution in [-0.4, -0.2) is 17.0 Å². The summed E-state index contributed by atoms with van der Waals surface area (Å²) in [5.41, 5.74) is 4.46. The molecule has 0 aliphatic carbocycles. The van der Waals surface area contributed by atoms with E-state index in [0.717, 1.165) is 11.1 Å². The van der Waals surface area contributed by atoms with Gasteiger partial charge in [0.15, 0.2) is 5.70 Å². The molecule has 5 nitrogen and oxygen atoms in total. The van der Waals surface area contributed by atoms with Gasteiger partial charge in [0.1, 0.15) is 17.0 Å². The zero-order chi connectivity index (χ0) is 19.7. The Labute approximate surface area is 163 Å². The van der Waals surface area contributed by atoms with Crippen LogP contribution in [0.5, 0.6) is 0 Å². The summed E-state index contributed by atoms with van der Waals surface area (Å²) in [6, 6.07) is 17.7. The van der Waals surface area contributed by atoms with E-state index >= 15 is 0 Å². The second-order valence-corrected chi connectivity index (χ2v) is 6.99. The van der Waals surface area contributed by atoms with Crippen LogP contribution in [0.1, 0.15) is 42.2 Å². The summed E-state index contributed by atoms with van der Waals surface area (Å²) in [6.45, 7) is 6.06. The van der Waals surface area contributed by atoms with Crippen LogP contribution in [0.15, 0.2) is 69.8 Å². The molecule has 0 saturated heterocycles. The summed E-state index contributed by atoms with van der Waals surface area (Å²) in [4.78, 5) is 16.8. The highest BCUT2D eigenvalue weighted by atomic mass is 16.6. The highest BCUT2D eigenvalue weighted by molar-refractivity contribution is 6.15. The van der Waals surface area contributed by atoms with E-state index in [1.165, 1.54) is 5.56 Å². The van der Waals surface area contributed by atoms with Gasteiger partial charge in [0, 0.05) is 5.56 Å². The number of hydrogen-bond acceptors (Lipinski definition) is 5. The maximum Gasteiger partial charge on any atom is 0.363 e. The van der Waals surface area contributed by atoms with E-state index in [-0.39, 0.29) is 11.6 Å². The summed E-state index contributed by atoms with van der Waals surface area (Å²) in [5.74, 6) is 0.735. The van der Waals surface area contributed by atoms with Crippen molar-refractivity contribution >= 4 is 17.9 Å². The number of aliphatic imine (C=N–C) groups is 1. The van der Waals surface area contributed by atoms with Gasteiger partial charge in [-0.05, 0) is 30.0 Å². The average molecular weight is 372 g/mol. The quantitative estimate of drug-likeness (QED) is 0.471. The lowest BCUT2D eigenvalue weighted by Crippen LogP contribution is -2.07. The Bertz CT molecular complexity index is 1070. The predicted octanol–water partition coefficient (Wildman–Crippen LogP) is 5.12. The molecule has 3 aromatic rings. The van der Waals surface area contributed by atoms with E-state index < -0.39 is 5.97 Å². The zero-order valence-corrected chi connectivity index (χ0v) is 16.0. The first-order valence-electron chi connectivity index (χ1n) is 9.17. The van der Waals surface area contributed by atoms with Gasteiger partial charge in [-0.25, -0.2) is 9.79 Å². The van der Waals surface area contributed by atoms with Gasteiger partial charge in [0.05, 0.1) is 0 Å². The molecule has 1 aliphatic rings. The van der Waals surface area contributed by atoms with Gasteiger partial charge in [-0.2, -0.15) is 0 Å². The molecular formula is C23H20N2O3. The van der Waals surface area contributed by atoms with Crippen LogP contribution in [0.4, 0.5) is 0 Å². The number of hydrogen-bond donors (Lipinski definition) is 0. The maximum absolute atomic E-state index is 12.4. The van der Waals surface area contributed by atoms with Crippen LogP contribution in [0.2, 0.25) is 0 Å². The monoisotopic (exact) mass is 372 g/mol. The molecule has 4 rings (SSSR count). The van der Waals surface area contributed by atoms with Crippen molar-refractivity contribution in [2.45, 2.75) is 26.7 Å². The molecule has 1 aliphatic heterocycles. The minimum Gasteiger partial charge on any atom is -0.402 e. The van der Waals surface area contributed by atoms with E-state index in [2.05, 4.69) is 36.1 Å². The van der Waals surface area contributed by atoms with Crippen molar-refractivity contribution in [2.24, 2.45) is 4.99 Å². The Morgan fingerprint density at radius 3 is 2.39 bits per heavy atom. The molecule has 28 heavy (non-hydrogen) atoms. The van der Waals surface area contributed by atoms with E-state index in [0.29, 0.717) is 22.9 Å². The lowest BCUT2D eigenvalue weighted by Gasteiger charge is -2.04. The molecule has 1 aromatic heterocycles. The summed E-state index contributed by atoms with van der Waals surface area (Å²) < 4.78 is 10.8. The molecule has 5 heteroatoms. The van der Waals surface area contributed by atoms with Gasteiger partial charge in [0.25, 0.3) is 0 Å². The van der Waals surface area contributed by atoms with Crippen molar-refractivity contribution in [1.29, 1.82) is 0 Å². The van der Waals surface area contributed by atoms with Crippen molar-refractivity contribution in [1.82, 2.24) is 5.16 Å². The number of esters is 1.